The summed E-state index contributed by atoms with van der Waals surface area (Å²) in [7, 11) is 1.34. The zero-order valence-corrected chi connectivity index (χ0v) is 9.92. The highest BCUT2D eigenvalue weighted by Gasteiger charge is 1.98. The fraction of sp³-hybridized carbons (Fsp3) is 0.364. The van der Waals surface area contributed by atoms with Crippen molar-refractivity contribution in [2.75, 3.05) is 19.4 Å². The van der Waals surface area contributed by atoms with E-state index in [0.29, 0.717) is 6.54 Å². The quantitative estimate of drug-likeness (QED) is 0.607. The molecule has 1 rings (SSSR count). The molecule has 4 nitrogen and oxygen atoms in total. The van der Waals surface area contributed by atoms with E-state index in [1.54, 1.807) is 11.8 Å². The van der Waals surface area contributed by atoms with E-state index in [2.05, 4.69) is 10.1 Å². The molecule has 0 bridgehead atoms. The van der Waals surface area contributed by atoms with Gasteiger partial charge < -0.3 is 15.2 Å². The summed E-state index contributed by atoms with van der Waals surface area (Å²) in [5.74, 6) is 0.785. The highest BCUT2D eigenvalue weighted by molar-refractivity contribution is 7.99. The largest absolute Gasteiger partial charge is 0.453 e. The third-order valence-electron chi connectivity index (χ3n) is 1.93. The second-order valence-electron chi connectivity index (χ2n) is 3.07. The van der Waals surface area contributed by atoms with Crippen molar-refractivity contribution in [1.29, 1.82) is 0 Å². The average Bonchev–Trinajstić information content (AvgIpc) is 2.35. The molecule has 0 aromatic heterocycles. The Morgan fingerprint density at radius 3 is 2.69 bits per heavy atom. The highest BCUT2D eigenvalue weighted by Crippen LogP contribution is 2.17. The summed E-state index contributed by atoms with van der Waals surface area (Å²) in [6.07, 6.45) is -0.406. The molecule has 0 aliphatic heterocycles. The van der Waals surface area contributed by atoms with Crippen molar-refractivity contribution in [2.45, 2.75) is 11.5 Å². The van der Waals surface area contributed by atoms with Crippen LogP contribution in [0.2, 0.25) is 0 Å². The van der Waals surface area contributed by atoms with E-state index in [1.165, 1.54) is 7.11 Å². The number of methoxy groups -OCH3 is 1. The minimum absolute atomic E-state index is 0.0643. The summed E-state index contributed by atoms with van der Waals surface area (Å²) in [5.41, 5.74) is 0.900. The standard InChI is InChI=1S/C11H15NO3S/c1-15-11(14)12-6-7-16-10-4-2-9(8-13)3-5-10/h2-5,13H,6-8H2,1H3,(H,12,14). The van der Waals surface area contributed by atoms with Crippen molar-refractivity contribution in [3.8, 4) is 0 Å². The van der Waals surface area contributed by atoms with Crippen LogP contribution in [0.4, 0.5) is 4.79 Å². The maximum Gasteiger partial charge on any atom is 0.406 e. The van der Waals surface area contributed by atoms with Crippen LogP contribution in [0.3, 0.4) is 0 Å². The fourth-order valence-corrected chi connectivity index (χ4v) is 1.85. The lowest BCUT2D eigenvalue weighted by Crippen LogP contribution is -2.25. The second-order valence-corrected chi connectivity index (χ2v) is 4.24. The Morgan fingerprint density at radius 2 is 2.12 bits per heavy atom. The van der Waals surface area contributed by atoms with Gasteiger partial charge in [0.1, 0.15) is 0 Å². The van der Waals surface area contributed by atoms with Crippen LogP contribution in [0.1, 0.15) is 5.56 Å². The van der Waals surface area contributed by atoms with Gasteiger partial charge in [-0.1, -0.05) is 12.1 Å². The summed E-state index contributed by atoms with van der Waals surface area (Å²) in [4.78, 5) is 11.9. The normalized spacial score (nSPS) is 9.88. The van der Waals surface area contributed by atoms with E-state index in [9.17, 15) is 4.79 Å². The first-order chi connectivity index (χ1) is 7.76. The second kappa shape index (κ2) is 7.14. The van der Waals surface area contributed by atoms with E-state index in [0.717, 1.165) is 16.2 Å². The lowest BCUT2D eigenvalue weighted by Gasteiger charge is -2.04. The number of thioether (sulfide) groups is 1. The molecule has 2 N–H and O–H groups in total. The van der Waals surface area contributed by atoms with E-state index in [1.807, 2.05) is 24.3 Å². The van der Waals surface area contributed by atoms with Gasteiger partial charge in [-0.3, -0.25) is 0 Å². The van der Waals surface area contributed by atoms with Crippen LogP contribution < -0.4 is 5.32 Å². The number of nitrogens with one attached hydrogen (secondary N) is 1. The number of rotatable bonds is 5. The molecule has 1 aromatic rings. The van der Waals surface area contributed by atoms with E-state index in [4.69, 9.17) is 5.11 Å². The molecule has 1 aromatic carbocycles. The smallest absolute Gasteiger partial charge is 0.406 e. The third-order valence-corrected chi connectivity index (χ3v) is 2.95. The number of benzene rings is 1. The van der Waals surface area contributed by atoms with Crippen molar-refractivity contribution >= 4 is 17.9 Å². The first-order valence-corrected chi connectivity index (χ1v) is 5.89. The molecule has 0 radical (unpaired) electrons. The van der Waals surface area contributed by atoms with Crippen molar-refractivity contribution in [1.82, 2.24) is 5.32 Å². The molecule has 88 valence electrons. The van der Waals surface area contributed by atoms with Crippen LogP contribution in [0.15, 0.2) is 29.2 Å². The van der Waals surface area contributed by atoms with Gasteiger partial charge in [0.15, 0.2) is 0 Å². The number of hydrogen-bond acceptors (Lipinski definition) is 4. The number of hydrogen-bond donors (Lipinski definition) is 2. The fourth-order valence-electron chi connectivity index (χ4n) is 1.09. The molecule has 5 heteroatoms. The summed E-state index contributed by atoms with van der Waals surface area (Å²) >= 11 is 1.64. The summed E-state index contributed by atoms with van der Waals surface area (Å²) in [6, 6.07) is 7.68. The van der Waals surface area contributed by atoms with Gasteiger partial charge in [0.05, 0.1) is 13.7 Å². The van der Waals surface area contributed by atoms with Crippen molar-refractivity contribution in [2.24, 2.45) is 0 Å². The van der Waals surface area contributed by atoms with E-state index >= 15 is 0 Å². The molecule has 0 heterocycles. The topological polar surface area (TPSA) is 58.6 Å². The van der Waals surface area contributed by atoms with Crippen LogP contribution in [0.25, 0.3) is 0 Å². The molecule has 0 spiro atoms. The van der Waals surface area contributed by atoms with E-state index in [-0.39, 0.29) is 6.61 Å². The van der Waals surface area contributed by atoms with Crippen LogP contribution in [-0.4, -0.2) is 30.6 Å². The molecule has 0 aliphatic carbocycles. The van der Waals surface area contributed by atoms with Crippen LogP contribution in [0.5, 0.6) is 0 Å². The molecular weight excluding hydrogens is 226 g/mol. The molecule has 16 heavy (non-hydrogen) atoms. The molecule has 0 aliphatic rings. The summed E-state index contributed by atoms with van der Waals surface area (Å²) in [5, 5.41) is 11.5. The summed E-state index contributed by atoms with van der Waals surface area (Å²) < 4.78 is 4.45. The Kier molecular flexibility index (Phi) is 5.74. The Bertz CT molecular complexity index is 327. The maximum absolute atomic E-state index is 10.7. The van der Waals surface area contributed by atoms with Gasteiger partial charge in [-0.2, -0.15) is 0 Å². The number of alkyl carbamates (subject to hydrolysis) is 1. The van der Waals surface area contributed by atoms with Gasteiger partial charge in [-0.05, 0) is 17.7 Å². The monoisotopic (exact) mass is 241 g/mol. The zero-order valence-electron chi connectivity index (χ0n) is 9.10. The molecule has 1 amide bonds. The number of aliphatic hydroxyl groups is 1. The minimum Gasteiger partial charge on any atom is -0.453 e. The maximum atomic E-state index is 10.7. The van der Waals surface area contributed by atoms with Gasteiger partial charge in [0, 0.05) is 17.2 Å². The van der Waals surface area contributed by atoms with Crippen LogP contribution >= 0.6 is 11.8 Å². The first-order valence-electron chi connectivity index (χ1n) is 4.90. The molecule has 0 unspecified atom stereocenters. The molecule has 0 atom stereocenters. The average molecular weight is 241 g/mol. The molecule has 0 saturated heterocycles. The number of amides is 1. The third kappa shape index (κ3) is 4.55. The zero-order chi connectivity index (χ0) is 11.8. The van der Waals surface area contributed by atoms with Gasteiger partial charge in [0.25, 0.3) is 0 Å². The number of carbonyl (C=O) groups excluding carboxylic acids is 1. The van der Waals surface area contributed by atoms with Crippen molar-refractivity contribution < 1.29 is 14.6 Å². The first kappa shape index (κ1) is 12.9. The number of ether oxygens (including phenoxy) is 1. The Hall–Kier alpha value is -1.20. The highest BCUT2D eigenvalue weighted by atomic mass is 32.2. The summed E-state index contributed by atoms with van der Waals surface area (Å²) in [6.45, 7) is 0.633. The van der Waals surface area contributed by atoms with E-state index < -0.39 is 6.09 Å². The van der Waals surface area contributed by atoms with Gasteiger partial charge >= 0.3 is 6.09 Å². The van der Waals surface area contributed by atoms with Crippen molar-refractivity contribution in [3.05, 3.63) is 29.8 Å². The predicted octanol–water partition coefficient (Wildman–Crippen LogP) is 1.63. The van der Waals surface area contributed by atoms with Gasteiger partial charge in [-0.25, -0.2) is 4.79 Å². The SMILES string of the molecule is COC(=O)NCCSc1ccc(CO)cc1. The Morgan fingerprint density at radius 1 is 1.44 bits per heavy atom. The molecular formula is C11H15NO3S. The van der Waals surface area contributed by atoms with Crippen molar-refractivity contribution in [3.63, 3.8) is 0 Å². The minimum atomic E-state index is -0.406. The Balaban J connectivity index is 2.24. The number of carbonyl (C=O) groups is 1. The molecule has 0 saturated carbocycles. The lowest BCUT2D eigenvalue weighted by atomic mass is 10.2. The van der Waals surface area contributed by atoms with Crippen LogP contribution in [0, 0.1) is 0 Å². The predicted molar refractivity (Wildman–Crippen MR) is 63.5 cm³/mol. The van der Waals surface area contributed by atoms with Gasteiger partial charge in [-0.15, -0.1) is 11.8 Å². The lowest BCUT2D eigenvalue weighted by molar-refractivity contribution is 0.172. The van der Waals surface area contributed by atoms with Gasteiger partial charge in [0.2, 0.25) is 0 Å². The van der Waals surface area contributed by atoms with Crippen LogP contribution in [-0.2, 0) is 11.3 Å². The number of aliphatic hydroxyl groups excluding tert-OH is 1. The molecule has 0 fully saturated rings. The Labute approximate surface area is 99.0 Å².